The Hall–Kier alpha value is -2.31. The summed E-state index contributed by atoms with van der Waals surface area (Å²) in [6.45, 7) is 0. The third-order valence-electron chi connectivity index (χ3n) is 2.77. The summed E-state index contributed by atoms with van der Waals surface area (Å²) in [7, 11) is 0. The Bertz CT molecular complexity index is 674. The van der Waals surface area contributed by atoms with Crippen molar-refractivity contribution in [3.63, 3.8) is 0 Å². The van der Waals surface area contributed by atoms with E-state index in [1.54, 1.807) is 18.2 Å². The van der Waals surface area contributed by atoms with E-state index < -0.39 is 5.91 Å². The molecule has 2 aromatic rings. The van der Waals surface area contributed by atoms with Crippen LogP contribution in [-0.2, 0) is 11.2 Å². The maximum atomic E-state index is 11.1. The third-order valence-corrected chi connectivity index (χ3v) is 3.01. The fraction of sp³-hybridized carbons (Fsp3) is 0.0667. The smallest absolute Gasteiger partial charge is 0.221 e. The van der Waals surface area contributed by atoms with Gasteiger partial charge in [0.15, 0.2) is 0 Å². The predicted molar refractivity (Wildman–Crippen MR) is 74.5 cm³/mol. The summed E-state index contributed by atoms with van der Waals surface area (Å²) in [5.41, 5.74) is 8.06. The largest absolute Gasteiger partial charge is 0.369 e. The molecule has 3 nitrogen and oxygen atoms in total. The van der Waals surface area contributed by atoms with Crippen LogP contribution in [0.1, 0.15) is 11.1 Å². The first-order chi connectivity index (χ1) is 9.11. The van der Waals surface area contributed by atoms with E-state index >= 15 is 0 Å². The highest BCUT2D eigenvalue weighted by atomic mass is 35.5. The minimum atomic E-state index is -0.409. The van der Waals surface area contributed by atoms with Crippen molar-refractivity contribution in [2.45, 2.75) is 6.42 Å². The van der Waals surface area contributed by atoms with Crippen LogP contribution < -0.4 is 5.73 Å². The zero-order chi connectivity index (χ0) is 13.8. The molecule has 0 unspecified atom stereocenters. The lowest BCUT2D eigenvalue weighted by molar-refractivity contribution is -0.117. The number of amides is 1. The van der Waals surface area contributed by atoms with Crippen LogP contribution in [0.3, 0.4) is 0 Å². The fourth-order valence-electron chi connectivity index (χ4n) is 1.96. The summed E-state index contributed by atoms with van der Waals surface area (Å²) >= 11 is 5.98. The SMILES string of the molecule is N#Cc1ccc(Cl)cc1-c1ccccc1CC(N)=O. The van der Waals surface area contributed by atoms with E-state index in [4.69, 9.17) is 22.6 Å². The Morgan fingerprint density at radius 1 is 1.21 bits per heavy atom. The number of benzene rings is 2. The average Bonchev–Trinajstić information content (AvgIpc) is 2.38. The van der Waals surface area contributed by atoms with Crippen LogP contribution in [0.5, 0.6) is 0 Å². The number of carbonyl (C=O) groups is 1. The molecule has 0 radical (unpaired) electrons. The maximum Gasteiger partial charge on any atom is 0.221 e. The highest BCUT2D eigenvalue weighted by Gasteiger charge is 2.11. The average molecular weight is 271 g/mol. The lowest BCUT2D eigenvalue weighted by atomic mass is 9.94. The van der Waals surface area contributed by atoms with Gasteiger partial charge in [0.25, 0.3) is 0 Å². The first-order valence-corrected chi connectivity index (χ1v) is 6.06. The zero-order valence-electron chi connectivity index (χ0n) is 10.1. The fourth-order valence-corrected chi connectivity index (χ4v) is 2.13. The molecule has 94 valence electrons. The number of rotatable bonds is 3. The molecular weight excluding hydrogens is 260 g/mol. The van der Waals surface area contributed by atoms with Gasteiger partial charge in [0.2, 0.25) is 5.91 Å². The first-order valence-electron chi connectivity index (χ1n) is 5.68. The van der Waals surface area contributed by atoms with Crippen LogP contribution in [0.2, 0.25) is 5.02 Å². The number of hydrogen-bond donors (Lipinski definition) is 1. The van der Waals surface area contributed by atoms with E-state index in [-0.39, 0.29) is 6.42 Å². The highest BCUT2D eigenvalue weighted by Crippen LogP contribution is 2.29. The van der Waals surface area contributed by atoms with E-state index in [0.29, 0.717) is 16.1 Å². The van der Waals surface area contributed by atoms with Crippen molar-refractivity contribution < 1.29 is 4.79 Å². The Labute approximate surface area is 116 Å². The minimum absolute atomic E-state index is 0.132. The first kappa shape index (κ1) is 13.1. The van der Waals surface area contributed by atoms with E-state index in [1.165, 1.54) is 0 Å². The van der Waals surface area contributed by atoms with Crippen molar-refractivity contribution in [2.24, 2.45) is 5.73 Å². The molecule has 0 aliphatic carbocycles. The summed E-state index contributed by atoms with van der Waals surface area (Å²) in [4.78, 5) is 11.1. The van der Waals surface area contributed by atoms with Gasteiger partial charge < -0.3 is 5.73 Å². The van der Waals surface area contributed by atoms with Crippen molar-refractivity contribution in [2.75, 3.05) is 0 Å². The molecule has 0 saturated carbocycles. The number of nitriles is 1. The van der Waals surface area contributed by atoms with Crippen molar-refractivity contribution in [3.05, 3.63) is 58.6 Å². The molecule has 2 aromatic carbocycles. The van der Waals surface area contributed by atoms with Crippen molar-refractivity contribution >= 4 is 17.5 Å². The van der Waals surface area contributed by atoms with E-state index in [2.05, 4.69) is 6.07 Å². The van der Waals surface area contributed by atoms with Crippen molar-refractivity contribution in [1.29, 1.82) is 5.26 Å². The van der Waals surface area contributed by atoms with Crippen LogP contribution in [0.25, 0.3) is 11.1 Å². The van der Waals surface area contributed by atoms with E-state index in [0.717, 1.165) is 11.1 Å². The number of carbonyl (C=O) groups excluding carboxylic acids is 1. The quantitative estimate of drug-likeness (QED) is 0.932. The van der Waals surface area contributed by atoms with Crippen molar-refractivity contribution in [3.8, 4) is 17.2 Å². The zero-order valence-corrected chi connectivity index (χ0v) is 10.8. The Morgan fingerprint density at radius 3 is 2.63 bits per heavy atom. The summed E-state index contributed by atoms with van der Waals surface area (Å²) < 4.78 is 0. The lowest BCUT2D eigenvalue weighted by Gasteiger charge is -2.10. The molecule has 0 bridgehead atoms. The van der Waals surface area contributed by atoms with Gasteiger partial charge in [0.05, 0.1) is 18.1 Å². The van der Waals surface area contributed by atoms with Gasteiger partial charge in [-0.3, -0.25) is 4.79 Å². The molecule has 0 aliphatic heterocycles. The summed E-state index contributed by atoms with van der Waals surface area (Å²) in [6, 6.07) is 14.5. The molecule has 19 heavy (non-hydrogen) atoms. The van der Waals surface area contributed by atoms with Gasteiger partial charge in [-0.2, -0.15) is 5.26 Å². The lowest BCUT2D eigenvalue weighted by Crippen LogP contribution is -2.14. The molecule has 0 fully saturated rings. The second-order valence-electron chi connectivity index (χ2n) is 4.10. The van der Waals surface area contributed by atoms with Crippen LogP contribution in [0.4, 0.5) is 0 Å². The number of primary amides is 1. The Balaban J connectivity index is 2.62. The van der Waals surface area contributed by atoms with Gasteiger partial charge in [-0.25, -0.2) is 0 Å². The standard InChI is InChI=1S/C15H11ClN2O/c16-12-6-5-11(9-17)14(8-12)13-4-2-1-3-10(13)7-15(18)19/h1-6,8H,7H2,(H2,18,19). The topological polar surface area (TPSA) is 66.9 Å². The van der Waals surface area contributed by atoms with Gasteiger partial charge in [0.1, 0.15) is 0 Å². The molecule has 0 saturated heterocycles. The highest BCUT2D eigenvalue weighted by molar-refractivity contribution is 6.31. The van der Waals surface area contributed by atoms with E-state index in [9.17, 15) is 4.79 Å². The molecule has 2 N–H and O–H groups in total. The molecule has 4 heteroatoms. The number of nitrogens with two attached hydrogens (primary N) is 1. The number of hydrogen-bond acceptors (Lipinski definition) is 2. The van der Waals surface area contributed by atoms with Crippen LogP contribution >= 0.6 is 11.6 Å². The summed E-state index contributed by atoms with van der Waals surface area (Å²) in [6.07, 6.45) is 0.132. The minimum Gasteiger partial charge on any atom is -0.369 e. The molecule has 0 aromatic heterocycles. The van der Waals surface area contributed by atoms with Gasteiger partial charge in [-0.05, 0) is 29.3 Å². The van der Waals surface area contributed by atoms with Crippen molar-refractivity contribution in [1.82, 2.24) is 0 Å². The molecule has 0 aliphatic rings. The number of halogens is 1. The van der Waals surface area contributed by atoms with Crippen LogP contribution in [-0.4, -0.2) is 5.91 Å². The van der Waals surface area contributed by atoms with Gasteiger partial charge in [-0.15, -0.1) is 0 Å². The van der Waals surface area contributed by atoms with Gasteiger partial charge in [-0.1, -0.05) is 35.9 Å². The third kappa shape index (κ3) is 2.93. The second-order valence-corrected chi connectivity index (χ2v) is 4.54. The second kappa shape index (κ2) is 5.55. The molecule has 0 spiro atoms. The molecule has 0 atom stereocenters. The number of nitrogens with zero attached hydrogens (tertiary/aromatic N) is 1. The van der Waals surface area contributed by atoms with E-state index in [1.807, 2.05) is 24.3 Å². The molecular formula is C15H11ClN2O. The molecule has 0 heterocycles. The summed E-state index contributed by atoms with van der Waals surface area (Å²) in [5, 5.41) is 9.70. The monoisotopic (exact) mass is 270 g/mol. The molecule has 1 amide bonds. The Kier molecular flexibility index (Phi) is 3.84. The predicted octanol–water partition coefficient (Wildman–Crippen LogP) is 2.91. The van der Waals surface area contributed by atoms with Gasteiger partial charge in [0, 0.05) is 10.6 Å². The Morgan fingerprint density at radius 2 is 1.95 bits per heavy atom. The van der Waals surface area contributed by atoms with Crippen LogP contribution in [0.15, 0.2) is 42.5 Å². The van der Waals surface area contributed by atoms with Crippen LogP contribution in [0, 0.1) is 11.3 Å². The maximum absolute atomic E-state index is 11.1. The van der Waals surface area contributed by atoms with Gasteiger partial charge >= 0.3 is 0 Å². The normalized spacial score (nSPS) is 9.89. The molecule has 2 rings (SSSR count). The summed E-state index contributed by atoms with van der Waals surface area (Å²) in [5.74, 6) is -0.409.